The molecule has 3 rings (SSSR count). The van der Waals surface area contributed by atoms with E-state index in [0.717, 1.165) is 25.9 Å². The lowest BCUT2D eigenvalue weighted by Gasteiger charge is -2.35. The molecule has 1 aliphatic carbocycles. The first kappa shape index (κ1) is 19.7. The standard InChI is InChI=1S/C21H37N3O2/c1-16-8-7-9-17(2)23(16)13-12-22-21(26)18-14-20(25)24(15-18)19-10-5-3-4-6-11-19/h16-19H,3-15H2,1-2H3,(H,22,26)/p+1. The molecule has 2 saturated heterocycles. The summed E-state index contributed by atoms with van der Waals surface area (Å²) in [7, 11) is 0. The van der Waals surface area contributed by atoms with Crippen LogP contribution >= 0.6 is 0 Å². The molecule has 0 aromatic heterocycles. The highest BCUT2D eigenvalue weighted by Gasteiger charge is 2.38. The van der Waals surface area contributed by atoms with Crippen molar-refractivity contribution in [2.24, 2.45) is 5.92 Å². The van der Waals surface area contributed by atoms with Crippen molar-refractivity contribution < 1.29 is 14.5 Å². The van der Waals surface area contributed by atoms with Crippen molar-refractivity contribution in [3.8, 4) is 0 Å². The summed E-state index contributed by atoms with van der Waals surface area (Å²) in [5.41, 5.74) is 0. The van der Waals surface area contributed by atoms with Gasteiger partial charge in [-0.1, -0.05) is 25.7 Å². The number of rotatable bonds is 5. The van der Waals surface area contributed by atoms with Gasteiger partial charge >= 0.3 is 0 Å². The van der Waals surface area contributed by atoms with Gasteiger partial charge in [-0.2, -0.15) is 0 Å². The molecule has 0 spiro atoms. The molecule has 2 heterocycles. The number of nitrogens with one attached hydrogen (secondary N) is 2. The lowest BCUT2D eigenvalue weighted by molar-refractivity contribution is -0.950. The number of hydrogen-bond donors (Lipinski definition) is 2. The van der Waals surface area contributed by atoms with E-state index in [4.69, 9.17) is 0 Å². The number of hydrogen-bond acceptors (Lipinski definition) is 2. The highest BCUT2D eigenvalue weighted by molar-refractivity contribution is 5.89. The molecule has 2 N–H and O–H groups in total. The number of carbonyl (C=O) groups excluding carboxylic acids is 2. The van der Waals surface area contributed by atoms with E-state index in [1.807, 2.05) is 4.90 Å². The normalized spacial score (nSPS) is 33.9. The van der Waals surface area contributed by atoms with Crippen molar-refractivity contribution in [2.45, 2.75) is 96.2 Å². The van der Waals surface area contributed by atoms with Gasteiger partial charge in [-0.15, -0.1) is 0 Å². The summed E-state index contributed by atoms with van der Waals surface area (Å²) < 4.78 is 0. The Balaban J connectivity index is 1.44. The summed E-state index contributed by atoms with van der Waals surface area (Å²) in [6.07, 6.45) is 11.6. The van der Waals surface area contributed by atoms with E-state index < -0.39 is 0 Å². The number of piperidine rings is 1. The van der Waals surface area contributed by atoms with Crippen LogP contribution in [0.1, 0.15) is 78.1 Å². The second-order valence-corrected chi connectivity index (χ2v) is 8.94. The highest BCUT2D eigenvalue weighted by atomic mass is 16.2. The zero-order valence-electron chi connectivity index (χ0n) is 16.8. The predicted octanol–water partition coefficient (Wildman–Crippen LogP) is 1.52. The van der Waals surface area contributed by atoms with E-state index in [9.17, 15) is 9.59 Å². The number of amides is 2. The molecule has 3 unspecified atom stereocenters. The quantitative estimate of drug-likeness (QED) is 0.727. The van der Waals surface area contributed by atoms with Crippen LogP contribution in [-0.2, 0) is 9.59 Å². The van der Waals surface area contributed by atoms with Crippen LogP contribution in [0.25, 0.3) is 0 Å². The molecule has 0 radical (unpaired) electrons. The Labute approximate surface area is 158 Å². The third kappa shape index (κ3) is 4.79. The second kappa shape index (κ2) is 9.20. The molecule has 148 valence electrons. The average Bonchev–Trinajstić information content (AvgIpc) is 2.82. The van der Waals surface area contributed by atoms with Gasteiger partial charge in [-0.05, 0) is 46.0 Å². The van der Waals surface area contributed by atoms with Crippen LogP contribution < -0.4 is 10.2 Å². The maximum Gasteiger partial charge on any atom is 0.225 e. The minimum Gasteiger partial charge on any atom is -0.350 e. The van der Waals surface area contributed by atoms with Gasteiger partial charge in [0, 0.05) is 19.0 Å². The largest absolute Gasteiger partial charge is 0.350 e. The van der Waals surface area contributed by atoms with Crippen LogP contribution in [0.15, 0.2) is 0 Å². The topological polar surface area (TPSA) is 53.9 Å². The van der Waals surface area contributed by atoms with Crippen molar-refractivity contribution >= 4 is 11.8 Å². The van der Waals surface area contributed by atoms with Gasteiger partial charge in [-0.3, -0.25) is 9.59 Å². The van der Waals surface area contributed by atoms with Crippen molar-refractivity contribution in [1.29, 1.82) is 0 Å². The molecule has 5 nitrogen and oxygen atoms in total. The summed E-state index contributed by atoms with van der Waals surface area (Å²) in [5, 5.41) is 3.13. The third-order valence-corrected chi connectivity index (χ3v) is 7.05. The molecule has 2 aliphatic heterocycles. The van der Waals surface area contributed by atoms with Gasteiger partial charge in [0.2, 0.25) is 11.8 Å². The summed E-state index contributed by atoms with van der Waals surface area (Å²) in [5.74, 6) is 0.143. The number of nitrogens with zero attached hydrogens (tertiary/aromatic N) is 1. The third-order valence-electron chi connectivity index (χ3n) is 7.05. The van der Waals surface area contributed by atoms with E-state index >= 15 is 0 Å². The maximum absolute atomic E-state index is 12.6. The fraction of sp³-hybridized carbons (Fsp3) is 0.905. The van der Waals surface area contributed by atoms with Crippen molar-refractivity contribution in [2.75, 3.05) is 19.6 Å². The van der Waals surface area contributed by atoms with Crippen molar-refractivity contribution in [3.05, 3.63) is 0 Å². The monoisotopic (exact) mass is 364 g/mol. The first-order valence-electron chi connectivity index (χ1n) is 11.0. The fourth-order valence-electron chi connectivity index (χ4n) is 5.38. The Bertz CT molecular complexity index is 478. The van der Waals surface area contributed by atoms with Crippen LogP contribution in [-0.4, -0.2) is 54.5 Å². The predicted molar refractivity (Wildman–Crippen MR) is 103 cm³/mol. The molecule has 3 aliphatic rings. The van der Waals surface area contributed by atoms with Crippen LogP contribution in [0.2, 0.25) is 0 Å². The Kier molecular flexibility index (Phi) is 6.96. The smallest absolute Gasteiger partial charge is 0.225 e. The molecule has 3 fully saturated rings. The Morgan fingerprint density at radius 2 is 1.69 bits per heavy atom. The average molecular weight is 365 g/mol. The number of quaternary nitrogens is 1. The molecule has 3 atom stereocenters. The SMILES string of the molecule is CC1CCCC(C)[NH+]1CCNC(=O)C1CC(=O)N(C2CCCCCC2)C1. The molecule has 2 amide bonds. The van der Waals surface area contributed by atoms with Gasteiger partial charge in [-0.25, -0.2) is 0 Å². The molecule has 26 heavy (non-hydrogen) atoms. The number of likely N-dealkylation sites (tertiary alicyclic amines) is 2. The molecule has 5 heteroatoms. The lowest BCUT2D eigenvalue weighted by atomic mass is 9.97. The van der Waals surface area contributed by atoms with Gasteiger partial charge < -0.3 is 15.1 Å². The second-order valence-electron chi connectivity index (χ2n) is 8.94. The van der Waals surface area contributed by atoms with Gasteiger partial charge in [0.1, 0.15) is 0 Å². The molecule has 1 saturated carbocycles. The molecule has 0 aromatic carbocycles. The van der Waals surface area contributed by atoms with Gasteiger partial charge in [0.05, 0.1) is 31.1 Å². The van der Waals surface area contributed by atoms with E-state index in [0.29, 0.717) is 31.1 Å². The van der Waals surface area contributed by atoms with Crippen LogP contribution in [0.4, 0.5) is 0 Å². The van der Waals surface area contributed by atoms with E-state index in [-0.39, 0.29) is 17.7 Å². The minimum atomic E-state index is -0.142. The first-order valence-corrected chi connectivity index (χ1v) is 11.0. The van der Waals surface area contributed by atoms with Crippen molar-refractivity contribution in [1.82, 2.24) is 10.2 Å². The Morgan fingerprint density at radius 3 is 2.35 bits per heavy atom. The highest BCUT2D eigenvalue weighted by Crippen LogP contribution is 2.28. The molecule has 0 aromatic rings. The van der Waals surface area contributed by atoms with Crippen LogP contribution in [0.3, 0.4) is 0 Å². The molecular weight excluding hydrogens is 326 g/mol. The molecule has 0 bridgehead atoms. The summed E-state index contributed by atoms with van der Waals surface area (Å²) >= 11 is 0. The van der Waals surface area contributed by atoms with E-state index in [1.165, 1.54) is 44.9 Å². The summed E-state index contributed by atoms with van der Waals surface area (Å²) in [4.78, 5) is 28.7. The molecular formula is C21H38N3O2+. The van der Waals surface area contributed by atoms with Crippen molar-refractivity contribution in [3.63, 3.8) is 0 Å². The Morgan fingerprint density at radius 1 is 1.04 bits per heavy atom. The maximum atomic E-state index is 12.6. The van der Waals surface area contributed by atoms with Gasteiger partial charge in [0.15, 0.2) is 0 Å². The van der Waals surface area contributed by atoms with E-state index in [1.54, 1.807) is 4.90 Å². The zero-order valence-corrected chi connectivity index (χ0v) is 16.8. The van der Waals surface area contributed by atoms with Gasteiger partial charge in [0.25, 0.3) is 0 Å². The zero-order chi connectivity index (χ0) is 18.5. The van der Waals surface area contributed by atoms with E-state index in [2.05, 4.69) is 19.2 Å². The Hall–Kier alpha value is -1.10. The first-order chi connectivity index (χ1) is 12.6. The summed E-state index contributed by atoms with van der Waals surface area (Å²) in [6.45, 7) is 7.02. The van der Waals surface area contributed by atoms with Crippen LogP contribution in [0, 0.1) is 5.92 Å². The fourth-order valence-corrected chi connectivity index (χ4v) is 5.38. The minimum absolute atomic E-state index is 0.0891. The lowest BCUT2D eigenvalue weighted by Crippen LogP contribution is -3.19. The van der Waals surface area contributed by atoms with Crippen LogP contribution in [0.5, 0.6) is 0 Å². The number of carbonyl (C=O) groups is 2. The summed E-state index contributed by atoms with van der Waals surface area (Å²) in [6, 6.07) is 1.76.